The van der Waals surface area contributed by atoms with Crippen LogP contribution < -0.4 is 0 Å². The Morgan fingerprint density at radius 2 is 1.45 bits per heavy atom. The van der Waals surface area contributed by atoms with Crippen LogP contribution in [-0.4, -0.2) is 9.55 Å². The van der Waals surface area contributed by atoms with E-state index in [9.17, 15) is 0 Å². The number of aromatic nitrogens is 2. The van der Waals surface area contributed by atoms with E-state index in [0.29, 0.717) is 11.8 Å². The molecule has 0 N–H and O–H groups in total. The lowest BCUT2D eigenvalue weighted by Crippen LogP contribution is -2.24. The summed E-state index contributed by atoms with van der Waals surface area (Å²) in [4.78, 5) is 4.53. The molecule has 0 aliphatic heterocycles. The van der Waals surface area contributed by atoms with Gasteiger partial charge in [0.05, 0.1) is 11.0 Å². The highest BCUT2D eigenvalue weighted by molar-refractivity contribution is 6.10. The molecule has 3 aliphatic carbocycles. The van der Waals surface area contributed by atoms with Crippen molar-refractivity contribution in [1.29, 1.82) is 0 Å². The van der Waals surface area contributed by atoms with E-state index in [1.54, 1.807) is 0 Å². The van der Waals surface area contributed by atoms with Crippen molar-refractivity contribution in [3.8, 4) is 5.69 Å². The summed E-state index contributed by atoms with van der Waals surface area (Å²) in [5.41, 5.74) is 15.8. The van der Waals surface area contributed by atoms with E-state index in [4.69, 9.17) is 0 Å². The lowest BCUT2D eigenvalue weighted by Gasteiger charge is -2.39. The Hall–Kier alpha value is -6.51. The van der Waals surface area contributed by atoms with Crippen LogP contribution in [0.15, 0.2) is 194 Å². The summed E-state index contributed by atoms with van der Waals surface area (Å²) in [5.74, 6) is 1.05. The predicted octanol–water partition coefficient (Wildman–Crippen LogP) is 13.4. The molecular weight excluding hydrogens is 665 g/mol. The second-order valence-corrected chi connectivity index (χ2v) is 15.4. The third-order valence-electron chi connectivity index (χ3n) is 12.3. The fourth-order valence-electron chi connectivity index (χ4n) is 9.82. The summed E-state index contributed by atoms with van der Waals surface area (Å²) < 4.78 is 2.35. The van der Waals surface area contributed by atoms with Crippen molar-refractivity contribution in [1.82, 2.24) is 9.55 Å². The van der Waals surface area contributed by atoms with Gasteiger partial charge in [0.25, 0.3) is 0 Å². The average molecular weight is 705 g/mol. The molecule has 11 rings (SSSR count). The van der Waals surface area contributed by atoms with E-state index in [1.165, 1.54) is 82.7 Å². The molecule has 0 fully saturated rings. The van der Waals surface area contributed by atoms with E-state index in [2.05, 4.69) is 186 Å². The largest absolute Gasteiger partial charge is 0.309 e. The van der Waals surface area contributed by atoms with Crippen molar-refractivity contribution in [2.24, 2.45) is 5.92 Å². The molecule has 2 nitrogen and oxygen atoms in total. The molecule has 8 aromatic rings. The molecule has 3 unspecified atom stereocenters. The number of hydrogen-bond acceptors (Lipinski definition) is 1. The number of hydrogen-bond donors (Lipinski definition) is 0. The Morgan fingerprint density at radius 1 is 0.600 bits per heavy atom. The molecule has 0 saturated carbocycles. The van der Waals surface area contributed by atoms with E-state index in [1.807, 2.05) is 12.4 Å². The smallest absolute Gasteiger partial charge is 0.0571 e. The lowest BCUT2D eigenvalue weighted by atomic mass is 9.65. The van der Waals surface area contributed by atoms with E-state index < -0.39 is 0 Å². The first-order valence-electron chi connectivity index (χ1n) is 19.7. The van der Waals surface area contributed by atoms with Gasteiger partial charge in [0.1, 0.15) is 0 Å². The van der Waals surface area contributed by atoms with E-state index >= 15 is 0 Å². The maximum atomic E-state index is 4.53. The molecule has 3 aliphatic rings. The first-order chi connectivity index (χ1) is 27.3. The van der Waals surface area contributed by atoms with Crippen LogP contribution in [0.25, 0.3) is 49.4 Å². The van der Waals surface area contributed by atoms with Gasteiger partial charge in [-0.1, -0.05) is 146 Å². The molecule has 6 aromatic carbocycles. The standard InChI is InChI=1S/C53H40N2/c1-2-18-43(19-3-1)55-50-27-26-40(33-48(50)49-34-54-29-28-51(49)55)38-15-10-14-37(30-38)39-16-11-17-41(32-39)52-44-20-6-8-22-46(44)53(47-23-9-7-21-45(47)52)42-25-24-35-12-4-5-13-36(35)31-42/h1-8,10-13,15-22,24-34,37,47,53H,9,14,23H2. The number of para-hydroxylation sites is 1. The summed E-state index contributed by atoms with van der Waals surface area (Å²) in [7, 11) is 0. The van der Waals surface area contributed by atoms with Gasteiger partial charge in [-0.05, 0) is 116 Å². The third kappa shape index (κ3) is 5.35. The number of benzene rings is 6. The van der Waals surface area contributed by atoms with Crippen LogP contribution in [0.2, 0.25) is 0 Å². The second-order valence-electron chi connectivity index (χ2n) is 15.4. The Balaban J connectivity index is 0.984. The highest BCUT2D eigenvalue weighted by atomic mass is 15.0. The normalized spacial score (nSPS) is 19.1. The Morgan fingerprint density at radius 3 is 2.40 bits per heavy atom. The van der Waals surface area contributed by atoms with Gasteiger partial charge in [-0.2, -0.15) is 0 Å². The van der Waals surface area contributed by atoms with Crippen LogP contribution in [0.1, 0.15) is 64.5 Å². The zero-order chi connectivity index (χ0) is 36.3. The van der Waals surface area contributed by atoms with Crippen LogP contribution in [0.3, 0.4) is 0 Å². The number of pyridine rings is 1. The summed E-state index contributed by atoms with van der Waals surface area (Å²) in [6, 6.07) is 54.2. The predicted molar refractivity (Wildman–Crippen MR) is 230 cm³/mol. The van der Waals surface area contributed by atoms with Crippen molar-refractivity contribution in [3.05, 3.63) is 227 Å². The molecule has 0 amide bonds. The maximum absolute atomic E-state index is 4.53. The average Bonchev–Trinajstić information content (AvgIpc) is 3.59. The van der Waals surface area contributed by atoms with Gasteiger partial charge in [0, 0.05) is 40.7 Å². The molecule has 0 radical (unpaired) electrons. The number of nitrogens with zero attached hydrogens (tertiary/aromatic N) is 2. The van der Waals surface area contributed by atoms with Gasteiger partial charge in [0.2, 0.25) is 0 Å². The molecule has 2 aromatic heterocycles. The fourth-order valence-corrected chi connectivity index (χ4v) is 9.82. The van der Waals surface area contributed by atoms with Crippen molar-refractivity contribution in [2.45, 2.75) is 31.1 Å². The Labute approximate surface area is 322 Å². The van der Waals surface area contributed by atoms with Crippen molar-refractivity contribution < 1.29 is 0 Å². The molecule has 0 saturated heterocycles. The molecule has 55 heavy (non-hydrogen) atoms. The summed E-state index contributed by atoms with van der Waals surface area (Å²) in [5, 5.41) is 5.02. The van der Waals surface area contributed by atoms with Gasteiger partial charge in [0.15, 0.2) is 0 Å². The molecule has 0 bridgehead atoms. The fraction of sp³-hybridized carbons (Fsp3) is 0.113. The van der Waals surface area contributed by atoms with E-state index in [0.717, 1.165) is 24.9 Å². The zero-order valence-electron chi connectivity index (χ0n) is 30.6. The highest BCUT2D eigenvalue weighted by Gasteiger charge is 2.36. The topological polar surface area (TPSA) is 17.8 Å². The number of allylic oxidation sites excluding steroid dienone is 7. The van der Waals surface area contributed by atoms with Crippen LogP contribution in [-0.2, 0) is 0 Å². The molecule has 0 spiro atoms. The molecular formula is C53H40N2. The van der Waals surface area contributed by atoms with Crippen molar-refractivity contribution in [2.75, 3.05) is 0 Å². The number of rotatable bonds is 5. The SMILES string of the molecule is C1=CC2=C(c3cccc(C4C=C(c5ccc6c(c5)c5cnccc5n6-c5ccccc5)C=CC4)c3)c3ccccc3C(c3ccc4ccccc4c3)C2CC1. The maximum Gasteiger partial charge on any atom is 0.0571 e. The van der Waals surface area contributed by atoms with Crippen LogP contribution in [0, 0.1) is 5.92 Å². The minimum atomic E-state index is 0.287. The van der Waals surface area contributed by atoms with Crippen LogP contribution >= 0.6 is 0 Å². The summed E-state index contributed by atoms with van der Waals surface area (Å²) >= 11 is 0. The van der Waals surface area contributed by atoms with E-state index in [-0.39, 0.29) is 5.92 Å². The Kier molecular flexibility index (Phi) is 7.62. The van der Waals surface area contributed by atoms with Gasteiger partial charge >= 0.3 is 0 Å². The molecule has 3 atom stereocenters. The molecule has 2 heteroatoms. The van der Waals surface area contributed by atoms with Crippen molar-refractivity contribution >= 4 is 43.7 Å². The molecule has 262 valence electrons. The summed E-state index contributed by atoms with van der Waals surface area (Å²) in [6.07, 6.45) is 19.2. The third-order valence-corrected chi connectivity index (χ3v) is 12.3. The van der Waals surface area contributed by atoms with Crippen LogP contribution in [0.5, 0.6) is 0 Å². The minimum Gasteiger partial charge on any atom is -0.309 e. The Bertz CT molecular complexity index is 2920. The van der Waals surface area contributed by atoms with Gasteiger partial charge < -0.3 is 4.57 Å². The highest BCUT2D eigenvalue weighted by Crippen LogP contribution is 2.52. The quantitative estimate of drug-likeness (QED) is 0.174. The van der Waals surface area contributed by atoms with Gasteiger partial charge in [-0.25, -0.2) is 0 Å². The number of fused-ring (bicyclic) bond motifs is 6. The van der Waals surface area contributed by atoms with Gasteiger partial charge in [-0.3, -0.25) is 4.98 Å². The molecule has 2 heterocycles. The van der Waals surface area contributed by atoms with Crippen LogP contribution in [0.4, 0.5) is 0 Å². The first kappa shape index (κ1) is 32.0. The first-order valence-corrected chi connectivity index (χ1v) is 19.7. The monoisotopic (exact) mass is 704 g/mol. The lowest BCUT2D eigenvalue weighted by molar-refractivity contribution is 0.496. The summed E-state index contributed by atoms with van der Waals surface area (Å²) in [6.45, 7) is 0. The van der Waals surface area contributed by atoms with Crippen molar-refractivity contribution in [3.63, 3.8) is 0 Å². The second kappa shape index (κ2) is 13.1. The van der Waals surface area contributed by atoms with Gasteiger partial charge in [-0.15, -0.1) is 0 Å². The zero-order valence-corrected chi connectivity index (χ0v) is 30.6. The minimum absolute atomic E-state index is 0.287.